The van der Waals surface area contributed by atoms with Crippen molar-refractivity contribution in [2.24, 2.45) is 0 Å². The second-order valence-corrected chi connectivity index (χ2v) is 8.23. The van der Waals surface area contributed by atoms with Gasteiger partial charge in [-0.25, -0.2) is 0 Å². The van der Waals surface area contributed by atoms with Crippen LogP contribution in [-0.2, 0) is 16.1 Å². The molecule has 0 saturated heterocycles. The average Bonchev–Trinajstić information content (AvgIpc) is 3.01. The highest BCUT2D eigenvalue weighted by Crippen LogP contribution is 2.32. The Kier molecular flexibility index (Phi) is 5.60. The molecule has 3 aromatic carbocycles. The summed E-state index contributed by atoms with van der Waals surface area (Å²) in [6, 6.07) is 25.6. The van der Waals surface area contributed by atoms with Crippen LogP contribution in [0.4, 0.5) is 5.69 Å². The number of rotatable bonds is 5. The zero-order chi connectivity index (χ0) is 21.9. The molecule has 0 bridgehead atoms. The van der Waals surface area contributed by atoms with E-state index in [2.05, 4.69) is 15.5 Å². The minimum absolute atomic E-state index is 0.0762. The van der Waals surface area contributed by atoms with Crippen molar-refractivity contribution < 1.29 is 14.3 Å². The van der Waals surface area contributed by atoms with E-state index in [0.29, 0.717) is 13.1 Å². The van der Waals surface area contributed by atoms with Crippen LogP contribution in [0.1, 0.15) is 28.7 Å². The van der Waals surface area contributed by atoms with Crippen molar-refractivity contribution in [1.82, 2.24) is 10.2 Å². The predicted molar refractivity (Wildman–Crippen MR) is 122 cm³/mol. The van der Waals surface area contributed by atoms with Crippen LogP contribution in [-0.4, -0.2) is 36.3 Å². The molecule has 32 heavy (non-hydrogen) atoms. The highest BCUT2D eigenvalue weighted by atomic mass is 16.5. The maximum Gasteiger partial charge on any atom is 0.234 e. The SMILES string of the molecule is O=C(CN1Cc2ccccc2OC(c2ccccc2)C1)NCC1C(=O)Nc2ccccc21. The summed E-state index contributed by atoms with van der Waals surface area (Å²) in [4.78, 5) is 27.3. The average molecular weight is 428 g/mol. The second-order valence-electron chi connectivity index (χ2n) is 8.23. The van der Waals surface area contributed by atoms with Crippen molar-refractivity contribution >= 4 is 17.5 Å². The van der Waals surface area contributed by atoms with E-state index in [4.69, 9.17) is 4.74 Å². The molecule has 3 aromatic rings. The Balaban J connectivity index is 1.27. The molecule has 0 spiro atoms. The van der Waals surface area contributed by atoms with Crippen LogP contribution in [0.5, 0.6) is 5.75 Å². The van der Waals surface area contributed by atoms with E-state index in [0.717, 1.165) is 28.1 Å². The van der Waals surface area contributed by atoms with E-state index in [9.17, 15) is 9.59 Å². The lowest BCUT2D eigenvalue weighted by Crippen LogP contribution is -2.40. The third-order valence-corrected chi connectivity index (χ3v) is 6.01. The molecule has 0 aliphatic carbocycles. The number of anilines is 1. The van der Waals surface area contributed by atoms with Gasteiger partial charge in [-0.3, -0.25) is 14.5 Å². The summed E-state index contributed by atoms with van der Waals surface area (Å²) in [5, 5.41) is 5.84. The van der Waals surface area contributed by atoms with Gasteiger partial charge in [0, 0.05) is 30.9 Å². The van der Waals surface area contributed by atoms with E-state index in [1.807, 2.05) is 78.9 Å². The van der Waals surface area contributed by atoms with Crippen LogP contribution in [0, 0.1) is 0 Å². The second kappa shape index (κ2) is 8.85. The molecule has 0 aromatic heterocycles. The van der Waals surface area contributed by atoms with E-state index in [-0.39, 0.29) is 36.9 Å². The van der Waals surface area contributed by atoms with Gasteiger partial charge >= 0.3 is 0 Å². The van der Waals surface area contributed by atoms with Gasteiger partial charge in [-0.2, -0.15) is 0 Å². The summed E-state index contributed by atoms with van der Waals surface area (Å²) in [6.07, 6.45) is -0.167. The molecule has 2 amide bonds. The largest absolute Gasteiger partial charge is 0.484 e. The lowest BCUT2D eigenvalue weighted by atomic mass is 10.0. The van der Waals surface area contributed by atoms with Crippen molar-refractivity contribution in [3.63, 3.8) is 0 Å². The molecule has 6 heteroatoms. The number of amides is 2. The summed E-state index contributed by atoms with van der Waals surface area (Å²) in [7, 11) is 0. The normalized spacial score (nSPS) is 19.8. The summed E-state index contributed by atoms with van der Waals surface area (Å²) in [5.74, 6) is 0.310. The molecule has 5 rings (SSSR count). The number of nitrogens with one attached hydrogen (secondary N) is 2. The Labute approximate surface area is 187 Å². The third-order valence-electron chi connectivity index (χ3n) is 6.01. The summed E-state index contributed by atoms with van der Waals surface area (Å²) >= 11 is 0. The number of carbonyl (C=O) groups excluding carboxylic acids is 2. The zero-order valence-electron chi connectivity index (χ0n) is 17.7. The Bertz CT molecular complexity index is 1130. The monoisotopic (exact) mass is 427 g/mol. The van der Waals surface area contributed by atoms with Gasteiger partial charge in [0.25, 0.3) is 0 Å². The van der Waals surface area contributed by atoms with Gasteiger partial charge in [0.2, 0.25) is 11.8 Å². The van der Waals surface area contributed by atoms with Crippen LogP contribution < -0.4 is 15.4 Å². The van der Waals surface area contributed by atoms with Crippen LogP contribution in [0.3, 0.4) is 0 Å². The highest BCUT2D eigenvalue weighted by Gasteiger charge is 2.31. The van der Waals surface area contributed by atoms with Crippen LogP contribution in [0.25, 0.3) is 0 Å². The molecule has 6 nitrogen and oxygen atoms in total. The molecule has 2 N–H and O–H groups in total. The highest BCUT2D eigenvalue weighted by molar-refractivity contribution is 6.03. The number of hydrogen-bond donors (Lipinski definition) is 2. The van der Waals surface area contributed by atoms with Gasteiger partial charge in [0.05, 0.1) is 12.5 Å². The molecule has 2 unspecified atom stereocenters. The maximum atomic E-state index is 12.8. The van der Waals surface area contributed by atoms with Crippen molar-refractivity contribution in [2.45, 2.75) is 18.6 Å². The van der Waals surface area contributed by atoms with Gasteiger partial charge in [0.1, 0.15) is 11.9 Å². The van der Waals surface area contributed by atoms with E-state index in [1.165, 1.54) is 0 Å². The number of ether oxygens (including phenoxy) is 1. The Morgan fingerprint density at radius 1 is 1.00 bits per heavy atom. The van der Waals surface area contributed by atoms with E-state index in [1.54, 1.807) is 0 Å². The van der Waals surface area contributed by atoms with Crippen molar-refractivity contribution in [2.75, 3.05) is 25.0 Å². The first kappa shape index (κ1) is 20.3. The van der Waals surface area contributed by atoms with E-state index < -0.39 is 0 Å². The molecule has 2 heterocycles. The quantitative estimate of drug-likeness (QED) is 0.654. The van der Waals surface area contributed by atoms with Gasteiger partial charge in [-0.05, 0) is 23.3 Å². The fraction of sp³-hybridized carbons (Fsp3) is 0.231. The zero-order valence-corrected chi connectivity index (χ0v) is 17.7. The smallest absolute Gasteiger partial charge is 0.234 e. The van der Waals surface area contributed by atoms with Gasteiger partial charge in [0.15, 0.2) is 0 Å². The third kappa shape index (κ3) is 4.22. The first-order chi connectivity index (χ1) is 15.7. The molecule has 2 aliphatic rings. The molecule has 0 fully saturated rings. The van der Waals surface area contributed by atoms with Gasteiger partial charge in [-0.15, -0.1) is 0 Å². The van der Waals surface area contributed by atoms with E-state index >= 15 is 0 Å². The van der Waals surface area contributed by atoms with Gasteiger partial charge in [-0.1, -0.05) is 66.7 Å². The summed E-state index contributed by atoms with van der Waals surface area (Å²) in [6.45, 7) is 1.74. The maximum absolute atomic E-state index is 12.8. The molecule has 0 saturated carbocycles. The van der Waals surface area contributed by atoms with Crippen LogP contribution in [0.15, 0.2) is 78.9 Å². The number of benzene rings is 3. The van der Waals surface area contributed by atoms with Gasteiger partial charge < -0.3 is 15.4 Å². The Hall–Kier alpha value is -3.64. The Morgan fingerprint density at radius 3 is 2.62 bits per heavy atom. The summed E-state index contributed by atoms with van der Waals surface area (Å²) in [5.41, 5.74) is 3.89. The fourth-order valence-corrected chi connectivity index (χ4v) is 4.39. The topological polar surface area (TPSA) is 70.7 Å². The lowest BCUT2D eigenvalue weighted by Gasteiger charge is -2.24. The number of fused-ring (bicyclic) bond motifs is 2. The predicted octanol–water partition coefficient (Wildman–Crippen LogP) is 3.47. The molecule has 2 atom stereocenters. The molecule has 2 aliphatic heterocycles. The minimum Gasteiger partial charge on any atom is -0.484 e. The van der Waals surface area contributed by atoms with Crippen molar-refractivity contribution in [3.8, 4) is 5.75 Å². The molecule has 0 radical (unpaired) electrons. The number of hydrogen-bond acceptors (Lipinski definition) is 4. The van der Waals surface area contributed by atoms with Crippen molar-refractivity contribution in [1.29, 1.82) is 0 Å². The standard InChI is InChI=1S/C26H25N3O3/c30-25(27-14-21-20-11-5-6-12-22(20)28-26(21)31)17-29-15-19-10-4-7-13-23(19)32-24(16-29)18-8-2-1-3-9-18/h1-13,21,24H,14-17H2,(H,27,30)(H,28,31). The fourth-order valence-electron chi connectivity index (χ4n) is 4.39. The number of carbonyl (C=O) groups is 2. The van der Waals surface area contributed by atoms with Crippen molar-refractivity contribution in [3.05, 3.63) is 95.6 Å². The first-order valence-corrected chi connectivity index (χ1v) is 10.9. The summed E-state index contributed by atoms with van der Waals surface area (Å²) < 4.78 is 6.32. The van der Waals surface area contributed by atoms with Crippen LogP contribution >= 0.6 is 0 Å². The Morgan fingerprint density at radius 2 is 1.75 bits per heavy atom. The van der Waals surface area contributed by atoms with Crippen LogP contribution in [0.2, 0.25) is 0 Å². The minimum atomic E-state index is -0.361. The molecule has 162 valence electrons. The number of para-hydroxylation sites is 2. The molecular weight excluding hydrogens is 402 g/mol. The first-order valence-electron chi connectivity index (χ1n) is 10.9. The lowest BCUT2D eigenvalue weighted by molar-refractivity contribution is -0.122. The number of nitrogens with zero attached hydrogens (tertiary/aromatic N) is 1. The molecular formula is C26H25N3O3.